The van der Waals surface area contributed by atoms with E-state index < -0.39 is 0 Å². The van der Waals surface area contributed by atoms with Gasteiger partial charge in [0, 0.05) is 31.2 Å². The Kier molecular flexibility index (Phi) is 4.77. The van der Waals surface area contributed by atoms with Gasteiger partial charge in [0.05, 0.1) is 5.69 Å². The minimum atomic E-state index is 0.136. The number of hydrogen-bond acceptors (Lipinski definition) is 3. The number of nitrogen functional groups attached to an aromatic ring is 1. The summed E-state index contributed by atoms with van der Waals surface area (Å²) in [7, 11) is 0. The van der Waals surface area contributed by atoms with Crippen LogP contribution < -0.4 is 5.73 Å². The van der Waals surface area contributed by atoms with Gasteiger partial charge in [0.2, 0.25) is 0 Å². The summed E-state index contributed by atoms with van der Waals surface area (Å²) in [6.45, 7) is 0. The minimum Gasteiger partial charge on any atom is -0.383 e. The molecule has 0 radical (unpaired) electrons. The summed E-state index contributed by atoms with van der Waals surface area (Å²) >= 11 is 16.1. The topological polar surface area (TPSA) is 62.7 Å². The molecule has 3 nitrogen and oxygen atoms in total. The molecule has 6 heteroatoms. The number of nitrogens with two attached hydrogens (primary N) is 1. The number of pyridine rings is 1. The van der Waals surface area contributed by atoms with E-state index in [1.165, 1.54) is 0 Å². The normalized spacial score (nSPS) is 10.4. The molecule has 0 spiro atoms. The van der Waals surface area contributed by atoms with E-state index in [1.54, 1.807) is 24.3 Å². The van der Waals surface area contributed by atoms with Crippen molar-refractivity contribution in [3.63, 3.8) is 0 Å². The van der Waals surface area contributed by atoms with Crippen LogP contribution in [0, 0.1) is 11.3 Å². The van der Waals surface area contributed by atoms with Crippen LogP contribution in [0.3, 0.4) is 0 Å². The van der Waals surface area contributed by atoms with Crippen molar-refractivity contribution in [2.45, 2.75) is 0 Å². The molecule has 0 amide bonds. The molecule has 0 atom stereocenters. The van der Waals surface area contributed by atoms with Crippen molar-refractivity contribution in [3.8, 4) is 28.5 Å². The molecule has 2 aromatic carbocycles. The van der Waals surface area contributed by atoms with Crippen LogP contribution in [0.15, 0.2) is 53.0 Å². The third kappa shape index (κ3) is 2.99. The lowest BCUT2D eigenvalue weighted by atomic mass is 9.98. The van der Waals surface area contributed by atoms with Gasteiger partial charge in [-0.15, -0.1) is 0 Å². The number of nitrogens with zero attached hydrogens (tertiary/aromatic N) is 2. The molecule has 1 aromatic heterocycles. The third-order valence-corrected chi connectivity index (χ3v) is 4.86. The Morgan fingerprint density at radius 3 is 2.29 bits per heavy atom. The van der Waals surface area contributed by atoms with Crippen LogP contribution in [0.4, 0.5) is 5.82 Å². The average Bonchev–Trinajstić information content (AvgIpc) is 2.55. The second-order valence-corrected chi connectivity index (χ2v) is 6.67. The van der Waals surface area contributed by atoms with Gasteiger partial charge in [-0.05, 0) is 24.3 Å². The maximum absolute atomic E-state index is 9.49. The molecule has 118 valence electrons. The first kappa shape index (κ1) is 16.8. The average molecular weight is 419 g/mol. The third-order valence-electron chi connectivity index (χ3n) is 3.54. The van der Waals surface area contributed by atoms with Crippen LogP contribution in [0.2, 0.25) is 10.0 Å². The van der Waals surface area contributed by atoms with Crippen LogP contribution in [0.25, 0.3) is 22.4 Å². The fourth-order valence-corrected chi connectivity index (χ4v) is 3.53. The molecule has 0 fully saturated rings. The Bertz CT molecular complexity index is 960. The predicted molar refractivity (Wildman–Crippen MR) is 102 cm³/mol. The number of aromatic nitrogens is 1. The van der Waals surface area contributed by atoms with Gasteiger partial charge in [-0.3, -0.25) is 0 Å². The van der Waals surface area contributed by atoms with Crippen molar-refractivity contribution in [1.29, 1.82) is 5.26 Å². The fraction of sp³-hybridized carbons (Fsp3) is 0. The van der Waals surface area contributed by atoms with Crippen molar-refractivity contribution in [3.05, 3.63) is 68.6 Å². The number of anilines is 1. The second-order valence-electron chi connectivity index (χ2n) is 5.00. The Morgan fingerprint density at radius 1 is 1.00 bits per heavy atom. The summed E-state index contributed by atoms with van der Waals surface area (Å²) in [5.74, 6) is 0.136. The summed E-state index contributed by atoms with van der Waals surface area (Å²) in [4.78, 5) is 4.36. The van der Waals surface area contributed by atoms with Gasteiger partial charge in [0.1, 0.15) is 17.5 Å². The smallest absolute Gasteiger partial charge is 0.142 e. The molecule has 0 aliphatic carbocycles. The lowest BCUT2D eigenvalue weighted by Crippen LogP contribution is -2.00. The molecule has 0 saturated carbocycles. The SMILES string of the molecule is N#Cc1c(-c2c(Cl)cccc2Cl)cc(-c2ccccc2Br)nc1N. The fourth-order valence-electron chi connectivity index (χ4n) is 2.44. The Hall–Kier alpha value is -2.06. The van der Waals surface area contributed by atoms with Gasteiger partial charge in [-0.2, -0.15) is 5.26 Å². The van der Waals surface area contributed by atoms with Gasteiger partial charge >= 0.3 is 0 Å². The molecule has 0 aliphatic heterocycles. The van der Waals surface area contributed by atoms with Crippen molar-refractivity contribution < 1.29 is 0 Å². The Morgan fingerprint density at radius 2 is 1.67 bits per heavy atom. The molecular weight excluding hydrogens is 409 g/mol. The van der Waals surface area contributed by atoms with E-state index in [9.17, 15) is 5.26 Å². The molecule has 1 heterocycles. The second kappa shape index (κ2) is 6.82. The zero-order chi connectivity index (χ0) is 17.3. The number of benzene rings is 2. The zero-order valence-electron chi connectivity index (χ0n) is 12.2. The first-order valence-corrected chi connectivity index (χ1v) is 8.47. The molecule has 0 bridgehead atoms. The molecule has 0 aliphatic rings. The summed E-state index contributed by atoms with van der Waals surface area (Å²) in [5.41, 5.74) is 8.89. The number of nitriles is 1. The van der Waals surface area contributed by atoms with Crippen LogP contribution in [-0.4, -0.2) is 4.98 Å². The largest absolute Gasteiger partial charge is 0.383 e. The first-order valence-electron chi connectivity index (χ1n) is 6.93. The Labute approximate surface area is 157 Å². The zero-order valence-corrected chi connectivity index (χ0v) is 15.3. The summed E-state index contributed by atoms with van der Waals surface area (Å²) in [6, 6.07) is 16.7. The summed E-state index contributed by atoms with van der Waals surface area (Å²) in [6.07, 6.45) is 0. The highest BCUT2D eigenvalue weighted by Crippen LogP contribution is 2.40. The molecule has 0 saturated heterocycles. The number of halogens is 3. The summed E-state index contributed by atoms with van der Waals surface area (Å²) < 4.78 is 0.873. The Balaban J connectivity index is 2.34. The number of rotatable bonds is 2. The lowest BCUT2D eigenvalue weighted by Gasteiger charge is -2.13. The van der Waals surface area contributed by atoms with E-state index in [1.807, 2.05) is 24.3 Å². The monoisotopic (exact) mass is 417 g/mol. The molecule has 3 aromatic rings. The van der Waals surface area contributed by atoms with Gasteiger partial charge < -0.3 is 5.73 Å². The van der Waals surface area contributed by atoms with E-state index in [-0.39, 0.29) is 11.4 Å². The van der Waals surface area contributed by atoms with E-state index in [0.29, 0.717) is 26.9 Å². The molecule has 0 unspecified atom stereocenters. The van der Waals surface area contributed by atoms with Gasteiger partial charge in [0.25, 0.3) is 0 Å². The van der Waals surface area contributed by atoms with Crippen LogP contribution in [-0.2, 0) is 0 Å². The maximum atomic E-state index is 9.49. The van der Waals surface area contributed by atoms with E-state index >= 15 is 0 Å². The van der Waals surface area contributed by atoms with Crippen molar-refractivity contribution >= 4 is 44.9 Å². The van der Waals surface area contributed by atoms with Crippen molar-refractivity contribution in [2.24, 2.45) is 0 Å². The minimum absolute atomic E-state index is 0.136. The van der Waals surface area contributed by atoms with Crippen LogP contribution >= 0.6 is 39.1 Å². The predicted octanol–water partition coefficient (Wildman–Crippen LogP) is 5.94. The molecule has 24 heavy (non-hydrogen) atoms. The van der Waals surface area contributed by atoms with Gasteiger partial charge in [-0.25, -0.2) is 4.98 Å². The van der Waals surface area contributed by atoms with E-state index in [0.717, 1.165) is 10.0 Å². The quantitative estimate of drug-likeness (QED) is 0.560. The molecule has 3 rings (SSSR count). The molecular formula is C18H10BrCl2N3. The highest BCUT2D eigenvalue weighted by atomic mass is 79.9. The van der Waals surface area contributed by atoms with Crippen LogP contribution in [0.1, 0.15) is 5.56 Å². The van der Waals surface area contributed by atoms with Gasteiger partial charge in [-0.1, -0.05) is 63.4 Å². The first-order chi connectivity index (χ1) is 11.5. The highest BCUT2D eigenvalue weighted by Gasteiger charge is 2.18. The summed E-state index contributed by atoms with van der Waals surface area (Å²) in [5, 5.41) is 10.4. The maximum Gasteiger partial charge on any atom is 0.142 e. The van der Waals surface area contributed by atoms with E-state index in [4.69, 9.17) is 28.9 Å². The molecule has 2 N–H and O–H groups in total. The van der Waals surface area contributed by atoms with Crippen molar-refractivity contribution in [2.75, 3.05) is 5.73 Å². The lowest BCUT2D eigenvalue weighted by molar-refractivity contribution is 1.30. The highest BCUT2D eigenvalue weighted by molar-refractivity contribution is 9.10. The number of hydrogen-bond donors (Lipinski definition) is 1. The standard InChI is InChI=1S/C18H10BrCl2N3/c19-13-5-2-1-4-10(13)16-8-11(12(9-22)18(23)24-16)17-14(20)6-3-7-15(17)21/h1-8H,(H2,23,24). The van der Waals surface area contributed by atoms with Gasteiger partial charge in [0.15, 0.2) is 0 Å². The van der Waals surface area contributed by atoms with E-state index in [2.05, 4.69) is 27.0 Å². The van der Waals surface area contributed by atoms with Crippen molar-refractivity contribution in [1.82, 2.24) is 4.98 Å². The van der Waals surface area contributed by atoms with Crippen LogP contribution in [0.5, 0.6) is 0 Å².